The summed E-state index contributed by atoms with van der Waals surface area (Å²) in [5.74, 6) is -0.391. The quantitative estimate of drug-likeness (QED) is 0.605. The number of hydrogen-bond donors (Lipinski definition) is 2. The summed E-state index contributed by atoms with van der Waals surface area (Å²) in [7, 11) is -2.83. The number of halogens is 3. The van der Waals surface area contributed by atoms with E-state index in [-0.39, 0.29) is 23.6 Å². The number of alkyl halides is 3. The second-order valence-corrected chi connectivity index (χ2v) is 7.74. The van der Waals surface area contributed by atoms with Crippen LogP contribution in [-0.2, 0) is 29.8 Å². The Morgan fingerprint density at radius 1 is 1.13 bits per heavy atom. The van der Waals surface area contributed by atoms with Crippen molar-refractivity contribution in [1.82, 2.24) is 25.5 Å². The summed E-state index contributed by atoms with van der Waals surface area (Å²) in [4.78, 5) is 13.1. The monoisotopic (exact) mass is 440 g/mol. The van der Waals surface area contributed by atoms with E-state index < -0.39 is 32.6 Å². The van der Waals surface area contributed by atoms with Gasteiger partial charge in [0.05, 0.1) is 35.3 Å². The number of hydrogen-bond acceptors (Lipinski definition) is 6. The van der Waals surface area contributed by atoms with Crippen molar-refractivity contribution in [3.8, 4) is 0 Å². The molecular weight excluding hydrogens is 425 g/mol. The van der Waals surface area contributed by atoms with E-state index in [1.165, 1.54) is 29.1 Å². The number of carbonyl (C=O) groups is 1. The number of anilines is 1. The van der Waals surface area contributed by atoms with Crippen LogP contribution in [0.5, 0.6) is 0 Å². The van der Waals surface area contributed by atoms with Gasteiger partial charge in [-0.2, -0.15) is 18.0 Å². The minimum Gasteiger partial charge on any atom is -0.345 e. The molecule has 0 radical (unpaired) electrons. The second kappa shape index (κ2) is 8.10. The summed E-state index contributed by atoms with van der Waals surface area (Å²) >= 11 is 0. The number of aryl methyl sites for hydroxylation is 1. The van der Waals surface area contributed by atoms with Crippen molar-refractivity contribution in [1.29, 1.82) is 0 Å². The molecule has 0 aliphatic rings. The molecule has 3 aromatic rings. The van der Waals surface area contributed by atoms with Crippen molar-refractivity contribution < 1.29 is 26.4 Å². The maximum Gasteiger partial charge on any atom is 0.416 e. The average Bonchev–Trinajstić information content (AvgIpc) is 3.11. The fourth-order valence-corrected chi connectivity index (χ4v) is 3.59. The number of tetrazole rings is 1. The van der Waals surface area contributed by atoms with Gasteiger partial charge in [-0.15, -0.1) is 10.2 Å². The highest BCUT2D eigenvalue weighted by molar-refractivity contribution is 7.92. The first-order chi connectivity index (χ1) is 14.1. The van der Waals surface area contributed by atoms with Gasteiger partial charge in [-0.3, -0.25) is 9.52 Å². The highest BCUT2D eigenvalue weighted by Crippen LogP contribution is 2.31. The maximum absolute atomic E-state index is 12.9. The van der Waals surface area contributed by atoms with Crippen LogP contribution in [0.25, 0.3) is 0 Å². The Morgan fingerprint density at radius 2 is 1.87 bits per heavy atom. The van der Waals surface area contributed by atoms with E-state index in [0.717, 1.165) is 18.2 Å². The lowest BCUT2D eigenvalue weighted by Crippen LogP contribution is -2.25. The minimum absolute atomic E-state index is 0.0306. The van der Waals surface area contributed by atoms with Crippen LogP contribution < -0.4 is 10.0 Å². The van der Waals surface area contributed by atoms with E-state index in [1.54, 1.807) is 7.05 Å². The molecule has 0 fully saturated rings. The number of amides is 1. The molecule has 0 aliphatic heterocycles. The summed E-state index contributed by atoms with van der Waals surface area (Å²) in [6, 6.07) is 8.97. The third kappa shape index (κ3) is 4.92. The predicted octanol–water partition coefficient (Wildman–Crippen LogP) is 1.96. The number of nitrogens with zero attached hydrogens (tertiary/aromatic N) is 4. The van der Waals surface area contributed by atoms with E-state index in [4.69, 9.17) is 0 Å². The van der Waals surface area contributed by atoms with Gasteiger partial charge in [0.15, 0.2) is 5.82 Å². The van der Waals surface area contributed by atoms with Crippen molar-refractivity contribution in [2.75, 3.05) is 4.72 Å². The molecule has 9 nitrogen and oxygen atoms in total. The fraction of sp³-hybridized carbons (Fsp3) is 0.176. The Hall–Kier alpha value is -3.48. The molecule has 1 aromatic heterocycles. The lowest BCUT2D eigenvalue weighted by atomic mass is 10.1. The fourth-order valence-electron chi connectivity index (χ4n) is 2.46. The van der Waals surface area contributed by atoms with Crippen LogP contribution in [0.3, 0.4) is 0 Å². The van der Waals surface area contributed by atoms with E-state index in [1.807, 2.05) is 0 Å². The number of rotatable bonds is 6. The summed E-state index contributed by atoms with van der Waals surface area (Å²) in [5.41, 5.74) is -1.23. The van der Waals surface area contributed by atoms with Crippen LogP contribution >= 0.6 is 0 Å². The molecule has 0 aliphatic carbocycles. The molecule has 158 valence electrons. The van der Waals surface area contributed by atoms with Crippen molar-refractivity contribution in [3.05, 3.63) is 65.5 Å². The Labute approximate surface area is 169 Å². The van der Waals surface area contributed by atoms with Gasteiger partial charge in [0.1, 0.15) is 0 Å². The summed E-state index contributed by atoms with van der Waals surface area (Å²) < 4.78 is 66.0. The van der Waals surface area contributed by atoms with Gasteiger partial charge in [0.25, 0.3) is 15.9 Å². The zero-order valence-corrected chi connectivity index (χ0v) is 16.2. The molecule has 0 bridgehead atoms. The normalized spacial score (nSPS) is 11.9. The minimum atomic E-state index is -4.70. The number of para-hydroxylation sites is 1. The molecule has 0 unspecified atom stereocenters. The molecule has 30 heavy (non-hydrogen) atoms. The Kier molecular flexibility index (Phi) is 5.73. The highest BCUT2D eigenvalue weighted by Gasteiger charge is 2.31. The summed E-state index contributed by atoms with van der Waals surface area (Å²) in [6.07, 6.45) is -4.70. The van der Waals surface area contributed by atoms with Crippen molar-refractivity contribution in [2.24, 2.45) is 7.05 Å². The van der Waals surface area contributed by atoms with Crippen LogP contribution in [-0.4, -0.2) is 34.5 Å². The smallest absolute Gasteiger partial charge is 0.345 e. The van der Waals surface area contributed by atoms with E-state index in [9.17, 15) is 26.4 Å². The van der Waals surface area contributed by atoms with E-state index in [0.29, 0.717) is 6.07 Å². The number of benzene rings is 2. The third-order valence-corrected chi connectivity index (χ3v) is 5.21. The Morgan fingerprint density at radius 3 is 2.53 bits per heavy atom. The van der Waals surface area contributed by atoms with Crippen molar-refractivity contribution >= 4 is 21.6 Å². The van der Waals surface area contributed by atoms with Gasteiger partial charge in [0.2, 0.25) is 0 Å². The second-order valence-electron chi connectivity index (χ2n) is 6.05. The van der Waals surface area contributed by atoms with E-state index >= 15 is 0 Å². The standard InChI is InChI=1S/C17H15F3N6O3S/c1-26-23-15(22-25-26)10-21-16(27)13-7-2-3-8-14(13)24-30(28,29)12-6-4-5-11(9-12)17(18,19)20/h2-9,24H,10H2,1H3,(H,21,27). The zero-order chi connectivity index (χ0) is 21.9. The molecule has 0 saturated heterocycles. The molecule has 13 heteroatoms. The van der Waals surface area contributed by atoms with Gasteiger partial charge in [-0.1, -0.05) is 18.2 Å². The molecule has 1 amide bonds. The maximum atomic E-state index is 12.9. The van der Waals surface area contributed by atoms with Crippen LogP contribution in [0, 0.1) is 0 Å². The molecule has 2 aromatic carbocycles. The van der Waals surface area contributed by atoms with Crippen LogP contribution in [0.15, 0.2) is 53.4 Å². The largest absolute Gasteiger partial charge is 0.416 e. The van der Waals surface area contributed by atoms with Crippen molar-refractivity contribution in [3.63, 3.8) is 0 Å². The first-order valence-corrected chi connectivity index (χ1v) is 9.85. The Bertz CT molecular complexity index is 1180. The van der Waals surface area contributed by atoms with Crippen LogP contribution in [0.2, 0.25) is 0 Å². The van der Waals surface area contributed by atoms with Crippen LogP contribution in [0.1, 0.15) is 21.7 Å². The molecule has 0 atom stereocenters. The first kappa shape index (κ1) is 21.2. The Balaban J connectivity index is 1.82. The van der Waals surface area contributed by atoms with Crippen molar-refractivity contribution in [2.45, 2.75) is 17.6 Å². The molecular formula is C17H15F3N6O3S. The van der Waals surface area contributed by atoms with Gasteiger partial charge in [0, 0.05) is 0 Å². The molecule has 2 N–H and O–H groups in total. The molecule has 3 rings (SSSR count). The number of sulfonamides is 1. The van der Waals surface area contributed by atoms with Crippen LogP contribution in [0.4, 0.5) is 18.9 Å². The lowest BCUT2D eigenvalue weighted by molar-refractivity contribution is -0.137. The summed E-state index contributed by atoms with van der Waals surface area (Å²) in [5, 5.41) is 13.8. The first-order valence-electron chi connectivity index (χ1n) is 8.36. The summed E-state index contributed by atoms with van der Waals surface area (Å²) in [6.45, 7) is -0.0542. The topological polar surface area (TPSA) is 119 Å². The zero-order valence-electron chi connectivity index (χ0n) is 15.4. The lowest BCUT2D eigenvalue weighted by Gasteiger charge is -2.13. The number of aromatic nitrogens is 4. The number of nitrogens with one attached hydrogen (secondary N) is 2. The van der Waals surface area contributed by atoms with E-state index in [2.05, 4.69) is 25.4 Å². The average molecular weight is 440 g/mol. The highest BCUT2D eigenvalue weighted by atomic mass is 32.2. The SMILES string of the molecule is Cn1nnc(CNC(=O)c2ccccc2NS(=O)(=O)c2cccc(C(F)(F)F)c2)n1. The van der Waals surface area contributed by atoms with Gasteiger partial charge in [-0.25, -0.2) is 8.42 Å². The molecule has 0 spiro atoms. The van der Waals surface area contributed by atoms with Gasteiger partial charge >= 0.3 is 6.18 Å². The molecule has 1 heterocycles. The van der Waals surface area contributed by atoms with Gasteiger partial charge < -0.3 is 5.32 Å². The van der Waals surface area contributed by atoms with Gasteiger partial charge in [-0.05, 0) is 35.5 Å². The predicted molar refractivity (Wildman–Crippen MR) is 98.7 cm³/mol. The number of carbonyl (C=O) groups excluding carboxylic acids is 1. The third-order valence-electron chi connectivity index (χ3n) is 3.84. The molecule has 0 saturated carbocycles.